The maximum atomic E-state index is 11.7. The number of hydrogen-bond acceptors (Lipinski definition) is 6. The van der Waals surface area contributed by atoms with Crippen molar-refractivity contribution in [2.75, 3.05) is 38.1 Å². The molecular weight excluding hydrogens is 508 g/mol. The molecule has 7 nitrogen and oxygen atoms in total. The number of hydrogen-bond donors (Lipinski definition) is 1. The summed E-state index contributed by atoms with van der Waals surface area (Å²) in [5.74, 6) is 0.323. The molecule has 1 amide bonds. The topological polar surface area (TPSA) is 77.0 Å². The van der Waals surface area contributed by atoms with Crippen molar-refractivity contribution in [1.82, 2.24) is 14.8 Å². The van der Waals surface area contributed by atoms with Crippen molar-refractivity contribution in [2.24, 2.45) is 11.8 Å². The molecule has 1 aromatic carbocycles. The van der Waals surface area contributed by atoms with Gasteiger partial charge in [0.15, 0.2) is 0 Å². The Morgan fingerprint density at radius 2 is 1.87 bits per heavy atom. The standard InChI is InChI=1S/C27H38N4O3S.C4H6/c1-20(8-9-21-6-4-3-5-7-21)31(19-32)13-12-29(2)23-10-11-25-24(15-23)28-26(35-25)18-30-16-22(17-30)14-27(33)34;1-3-4-2/h8,10-11,15,19,21-22H,3-7,9,12-14,16-18H2,1-2H3,(H,33,34);3-4H,1-2H2/b20-8+;. The average Bonchev–Trinajstić information content (AvgIpc) is 3.33. The van der Waals surface area contributed by atoms with E-state index in [-0.39, 0.29) is 12.3 Å². The Balaban J connectivity index is 0.000000983. The van der Waals surface area contributed by atoms with Crippen LogP contribution in [-0.4, -0.2) is 65.5 Å². The fourth-order valence-corrected chi connectivity index (χ4v) is 6.21. The number of likely N-dealkylation sites (tertiary alicyclic amines) is 1. The minimum absolute atomic E-state index is 0.253. The number of aromatic nitrogens is 1. The zero-order valence-corrected chi connectivity index (χ0v) is 24.4. The minimum atomic E-state index is -0.715. The summed E-state index contributed by atoms with van der Waals surface area (Å²) >= 11 is 1.70. The summed E-state index contributed by atoms with van der Waals surface area (Å²) in [5, 5.41) is 9.99. The van der Waals surface area contributed by atoms with Crippen LogP contribution in [0.1, 0.15) is 56.9 Å². The summed E-state index contributed by atoms with van der Waals surface area (Å²) < 4.78 is 1.16. The third kappa shape index (κ3) is 9.62. The van der Waals surface area contributed by atoms with Gasteiger partial charge >= 0.3 is 5.97 Å². The van der Waals surface area contributed by atoms with Gasteiger partial charge in [-0.25, -0.2) is 4.98 Å². The van der Waals surface area contributed by atoms with E-state index in [2.05, 4.69) is 54.3 Å². The molecule has 1 aliphatic heterocycles. The lowest BCUT2D eigenvalue weighted by atomic mass is 9.87. The Kier molecular flexibility index (Phi) is 12.2. The molecule has 1 N–H and O–H groups in total. The van der Waals surface area contributed by atoms with Crippen LogP contribution < -0.4 is 4.90 Å². The van der Waals surface area contributed by atoms with Gasteiger partial charge in [-0.3, -0.25) is 14.5 Å². The van der Waals surface area contributed by atoms with Crippen molar-refractivity contribution in [3.05, 3.63) is 60.3 Å². The van der Waals surface area contributed by atoms with E-state index in [1.54, 1.807) is 23.5 Å². The summed E-state index contributed by atoms with van der Waals surface area (Å²) in [6.45, 7) is 12.6. The van der Waals surface area contributed by atoms with E-state index >= 15 is 0 Å². The monoisotopic (exact) mass is 552 g/mol. The number of nitrogens with zero attached hydrogens (tertiary/aromatic N) is 4. The molecule has 0 spiro atoms. The highest BCUT2D eigenvalue weighted by atomic mass is 32.1. The highest BCUT2D eigenvalue weighted by Crippen LogP contribution is 2.30. The van der Waals surface area contributed by atoms with E-state index in [4.69, 9.17) is 10.1 Å². The maximum Gasteiger partial charge on any atom is 0.303 e. The number of carbonyl (C=O) groups excluding carboxylic acids is 1. The fourth-order valence-electron chi connectivity index (χ4n) is 5.22. The molecule has 1 aromatic heterocycles. The highest BCUT2D eigenvalue weighted by Gasteiger charge is 2.29. The normalized spacial score (nSPS) is 16.6. The van der Waals surface area contributed by atoms with Crippen LogP contribution in [0.25, 0.3) is 10.2 Å². The van der Waals surface area contributed by atoms with E-state index in [1.165, 1.54) is 32.1 Å². The molecule has 2 aromatic rings. The van der Waals surface area contributed by atoms with Gasteiger partial charge in [0, 0.05) is 44.6 Å². The summed E-state index contributed by atoms with van der Waals surface area (Å²) in [7, 11) is 2.06. The summed E-state index contributed by atoms with van der Waals surface area (Å²) in [5.41, 5.74) is 3.14. The number of benzene rings is 1. The van der Waals surface area contributed by atoms with Crippen LogP contribution in [0.3, 0.4) is 0 Å². The third-order valence-corrected chi connectivity index (χ3v) is 8.63. The van der Waals surface area contributed by atoms with Gasteiger partial charge < -0.3 is 14.9 Å². The second kappa shape index (κ2) is 15.6. The molecule has 1 saturated heterocycles. The lowest BCUT2D eigenvalue weighted by Crippen LogP contribution is -2.46. The summed E-state index contributed by atoms with van der Waals surface area (Å²) in [6.07, 6.45) is 14.5. The SMILES string of the molecule is C/C(=C\CC1CCCCC1)N(C=O)CCN(C)c1ccc2sc(CN3CC(CC(=O)O)C3)nc2c1.C=CC=C. The summed E-state index contributed by atoms with van der Waals surface area (Å²) in [4.78, 5) is 33.7. The van der Waals surface area contributed by atoms with Crippen molar-refractivity contribution >= 4 is 39.6 Å². The zero-order valence-electron chi connectivity index (χ0n) is 23.6. The largest absolute Gasteiger partial charge is 0.481 e. The number of amides is 1. The molecular formula is C31H44N4O3S. The number of fused-ring (bicyclic) bond motifs is 1. The fraction of sp³-hybridized carbons (Fsp3) is 0.516. The second-order valence-corrected chi connectivity index (χ2v) is 11.8. The van der Waals surface area contributed by atoms with Crippen molar-refractivity contribution in [3.8, 4) is 0 Å². The van der Waals surface area contributed by atoms with E-state index in [0.717, 1.165) is 71.5 Å². The quantitative estimate of drug-likeness (QED) is 0.231. The number of allylic oxidation sites excluding steroid dienone is 4. The minimum Gasteiger partial charge on any atom is -0.481 e. The number of likely N-dealkylation sites (N-methyl/N-ethyl adjacent to an activating group) is 1. The Bertz CT molecular complexity index is 1130. The number of carboxylic acid groups (broad SMARTS) is 1. The van der Waals surface area contributed by atoms with E-state index < -0.39 is 5.97 Å². The Hall–Kier alpha value is -2.97. The molecule has 0 radical (unpaired) electrons. The first-order chi connectivity index (χ1) is 18.8. The van der Waals surface area contributed by atoms with Gasteiger partial charge in [0.25, 0.3) is 0 Å². The van der Waals surface area contributed by atoms with Crippen LogP contribution in [0, 0.1) is 11.8 Å². The third-order valence-electron chi connectivity index (χ3n) is 7.61. The van der Waals surface area contributed by atoms with E-state index in [1.807, 2.05) is 11.8 Å². The Labute approximate surface area is 237 Å². The number of carboxylic acids is 1. The van der Waals surface area contributed by atoms with E-state index in [9.17, 15) is 9.59 Å². The molecule has 8 heteroatoms. The molecule has 0 unspecified atom stereocenters. The molecule has 1 aliphatic carbocycles. The number of thiazole rings is 1. The van der Waals surface area contributed by atoms with Gasteiger partial charge in [0.2, 0.25) is 6.41 Å². The van der Waals surface area contributed by atoms with Gasteiger partial charge in [-0.2, -0.15) is 0 Å². The molecule has 39 heavy (non-hydrogen) atoms. The van der Waals surface area contributed by atoms with Gasteiger partial charge in [-0.1, -0.05) is 63.5 Å². The van der Waals surface area contributed by atoms with Crippen LogP contribution in [0.4, 0.5) is 5.69 Å². The first-order valence-corrected chi connectivity index (χ1v) is 14.8. The van der Waals surface area contributed by atoms with E-state index in [0.29, 0.717) is 6.54 Å². The van der Waals surface area contributed by atoms with Crippen LogP contribution in [0.5, 0.6) is 0 Å². The van der Waals surface area contributed by atoms with Crippen molar-refractivity contribution in [1.29, 1.82) is 0 Å². The molecule has 1 saturated carbocycles. The lowest BCUT2D eigenvalue weighted by molar-refractivity contribution is -0.139. The highest BCUT2D eigenvalue weighted by molar-refractivity contribution is 7.18. The van der Waals surface area contributed by atoms with Crippen LogP contribution in [0.15, 0.2) is 55.3 Å². The first-order valence-electron chi connectivity index (χ1n) is 14.0. The van der Waals surface area contributed by atoms with Gasteiger partial charge in [-0.15, -0.1) is 11.3 Å². The number of aliphatic carboxylic acids is 1. The predicted molar refractivity (Wildman–Crippen MR) is 162 cm³/mol. The van der Waals surface area contributed by atoms with Crippen molar-refractivity contribution < 1.29 is 14.7 Å². The molecule has 2 aliphatic rings. The Morgan fingerprint density at radius 3 is 2.51 bits per heavy atom. The van der Waals surface area contributed by atoms with Crippen LogP contribution >= 0.6 is 11.3 Å². The Morgan fingerprint density at radius 1 is 1.15 bits per heavy atom. The smallest absolute Gasteiger partial charge is 0.303 e. The molecule has 0 bridgehead atoms. The van der Waals surface area contributed by atoms with Crippen molar-refractivity contribution in [3.63, 3.8) is 0 Å². The number of anilines is 1. The van der Waals surface area contributed by atoms with Gasteiger partial charge in [0.05, 0.1) is 23.2 Å². The molecule has 2 heterocycles. The van der Waals surface area contributed by atoms with Crippen LogP contribution in [0.2, 0.25) is 0 Å². The molecule has 2 fully saturated rings. The van der Waals surface area contributed by atoms with Gasteiger partial charge in [-0.05, 0) is 43.4 Å². The average molecular weight is 553 g/mol. The molecule has 212 valence electrons. The maximum absolute atomic E-state index is 11.7. The second-order valence-electron chi connectivity index (χ2n) is 10.7. The zero-order chi connectivity index (χ0) is 28.2. The number of carbonyl (C=O) groups is 2. The predicted octanol–water partition coefficient (Wildman–Crippen LogP) is 6.33. The van der Waals surface area contributed by atoms with Crippen molar-refractivity contribution in [2.45, 2.75) is 58.4 Å². The summed E-state index contributed by atoms with van der Waals surface area (Å²) in [6, 6.07) is 6.36. The van der Waals surface area contributed by atoms with Gasteiger partial charge in [0.1, 0.15) is 5.01 Å². The molecule has 0 atom stereocenters. The number of rotatable bonds is 13. The first kappa shape index (κ1) is 30.6. The molecule has 4 rings (SSSR count). The lowest BCUT2D eigenvalue weighted by Gasteiger charge is -2.37. The van der Waals surface area contributed by atoms with Crippen LogP contribution in [-0.2, 0) is 16.1 Å².